The molecule has 1 amide bonds. The summed E-state index contributed by atoms with van der Waals surface area (Å²) in [6.07, 6.45) is 1.68. The van der Waals surface area contributed by atoms with Gasteiger partial charge >= 0.3 is 0 Å². The number of aromatic nitrogens is 1. The largest absolute Gasteiger partial charge is 0.332 e. The van der Waals surface area contributed by atoms with Crippen molar-refractivity contribution < 1.29 is 13.2 Å². The van der Waals surface area contributed by atoms with Gasteiger partial charge in [0.05, 0.1) is 22.0 Å². The quantitative estimate of drug-likeness (QED) is 0.546. The molecule has 1 atom stereocenters. The number of rotatable bonds is 5. The number of thiazole rings is 1. The molecule has 8 heteroatoms. The summed E-state index contributed by atoms with van der Waals surface area (Å²) < 4.78 is 27.1. The molecule has 0 N–H and O–H groups in total. The smallest absolute Gasteiger partial charge is 0.238 e. The van der Waals surface area contributed by atoms with E-state index in [0.29, 0.717) is 12.1 Å². The number of hydrogen-bond donors (Lipinski definition) is 0. The Labute approximate surface area is 176 Å². The van der Waals surface area contributed by atoms with E-state index < -0.39 is 15.6 Å². The lowest BCUT2D eigenvalue weighted by atomic mass is 10.2. The van der Waals surface area contributed by atoms with Crippen LogP contribution in [0, 0.1) is 0 Å². The fourth-order valence-electron chi connectivity index (χ4n) is 3.56. The lowest BCUT2D eigenvalue weighted by Gasteiger charge is -2.23. The molecule has 1 aliphatic rings. The Balaban J connectivity index is 1.50. The normalized spacial score (nSPS) is 17.3. The molecule has 146 valence electrons. The minimum atomic E-state index is -3.55. The summed E-state index contributed by atoms with van der Waals surface area (Å²) in [7, 11) is -3.55. The first kappa shape index (κ1) is 19.5. The number of carbonyl (C=O) groups excluding carboxylic acids is 1. The van der Waals surface area contributed by atoms with E-state index in [1.165, 1.54) is 0 Å². The second-order valence-electron chi connectivity index (χ2n) is 6.93. The highest BCUT2D eigenvalue weighted by Gasteiger charge is 2.34. The Morgan fingerprint density at radius 2 is 2.04 bits per heavy atom. The Morgan fingerprint density at radius 1 is 1.21 bits per heavy atom. The highest BCUT2D eigenvalue weighted by Crippen LogP contribution is 2.36. The van der Waals surface area contributed by atoms with Crippen LogP contribution in [0.25, 0.3) is 10.2 Å². The van der Waals surface area contributed by atoms with Gasteiger partial charge in [0.25, 0.3) is 0 Å². The number of halogens is 1. The molecule has 2 heterocycles. The molecule has 0 radical (unpaired) electrons. The Hall–Kier alpha value is -1.77. The molecule has 5 nitrogen and oxygen atoms in total. The molecule has 0 saturated carbocycles. The molecule has 0 bridgehead atoms. The molecular formula is C20H19BrN2O3S2. The predicted octanol–water partition coefficient (Wildman–Crippen LogP) is 4.34. The zero-order valence-electron chi connectivity index (χ0n) is 15.0. The van der Waals surface area contributed by atoms with Gasteiger partial charge in [-0.15, -0.1) is 11.3 Å². The van der Waals surface area contributed by atoms with E-state index in [0.717, 1.165) is 32.5 Å². The summed E-state index contributed by atoms with van der Waals surface area (Å²) in [5.74, 6) is -0.949. The number of benzene rings is 2. The maximum absolute atomic E-state index is 12.8. The van der Waals surface area contributed by atoms with Crippen molar-refractivity contribution in [2.24, 2.45) is 0 Å². The van der Waals surface area contributed by atoms with Gasteiger partial charge in [-0.2, -0.15) is 0 Å². The first-order valence-electron chi connectivity index (χ1n) is 9.01. The lowest BCUT2D eigenvalue weighted by Crippen LogP contribution is -2.35. The van der Waals surface area contributed by atoms with Crippen molar-refractivity contribution in [2.75, 3.05) is 12.3 Å². The van der Waals surface area contributed by atoms with E-state index >= 15 is 0 Å². The highest BCUT2D eigenvalue weighted by atomic mass is 79.9. The van der Waals surface area contributed by atoms with Crippen molar-refractivity contribution in [1.29, 1.82) is 0 Å². The molecule has 3 aromatic rings. The Morgan fingerprint density at radius 3 is 2.82 bits per heavy atom. The number of likely N-dealkylation sites (tertiary alicyclic amines) is 1. The van der Waals surface area contributed by atoms with Gasteiger partial charge in [0.15, 0.2) is 9.84 Å². The van der Waals surface area contributed by atoms with Crippen LogP contribution in [-0.4, -0.2) is 36.5 Å². The SMILES string of the molecule is O=C(CS(=O)(=O)Cc1cccc(Br)c1)N1CCCC1c1nc2ccccc2s1. The lowest BCUT2D eigenvalue weighted by molar-refractivity contribution is -0.129. The Bertz CT molecular complexity index is 1090. The number of sulfone groups is 1. The molecule has 2 aromatic carbocycles. The van der Waals surface area contributed by atoms with Crippen LogP contribution in [0.1, 0.15) is 29.5 Å². The van der Waals surface area contributed by atoms with Crippen LogP contribution in [0.3, 0.4) is 0 Å². The average Bonchev–Trinajstić information content (AvgIpc) is 3.27. The molecular weight excluding hydrogens is 460 g/mol. The van der Waals surface area contributed by atoms with Gasteiger partial charge in [-0.05, 0) is 42.7 Å². The summed E-state index contributed by atoms with van der Waals surface area (Å²) in [6.45, 7) is 0.575. The monoisotopic (exact) mass is 478 g/mol. The van der Waals surface area contributed by atoms with Gasteiger partial charge in [0.2, 0.25) is 5.91 Å². The van der Waals surface area contributed by atoms with Gasteiger partial charge in [-0.1, -0.05) is 40.2 Å². The molecule has 0 spiro atoms. The maximum Gasteiger partial charge on any atom is 0.238 e. The third-order valence-corrected chi connectivity index (χ3v) is 7.88. The second kappa shape index (κ2) is 7.93. The number of nitrogens with zero attached hydrogens (tertiary/aromatic N) is 2. The van der Waals surface area contributed by atoms with E-state index in [1.54, 1.807) is 34.4 Å². The zero-order chi connectivity index (χ0) is 19.7. The number of fused-ring (bicyclic) bond motifs is 1. The van der Waals surface area contributed by atoms with E-state index in [1.807, 2.05) is 30.3 Å². The summed E-state index contributed by atoms with van der Waals surface area (Å²) in [4.78, 5) is 19.2. The number of amides is 1. The van der Waals surface area contributed by atoms with Crippen LogP contribution >= 0.6 is 27.3 Å². The summed E-state index contributed by atoms with van der Waals surface area (Å²) in [5.41, 5.74) is 1.59. The third kappa shape index (κ3) is 4.29. The molecule has 0 aliphatic carbocycles. The van der Waals surface area contributed by atoms with Crippen LogP contribution in [0.5, 0.6) is 0 Å². The predicted molar refractivity (Wildman–Crippen MR) is 115 cm³/mol. The van der Waals surface area contributed by atoms with Crippen LogP contribution in [-0.2, 0) is 20.4 Å². The van der Waals surface area contributed by atoms with Crippen molar-refractivity contribution in [3.63, 3.8) is 0 Å². The van der Waals surface area contributed by atoms with Crippen molar-refractivity contribution >= 4 is 53.2 Å². The number of carbonyl (C=O) groups is 1. The minimum Gasteiger partial charge on any atom is -0.332 e. The molecule has 28 heavy (non-hydrogen) atoms. The van der Waals surface area contributed by atoms with Gasteiger partial charge < -0.3 is 4.90 Å². The van der Waals surface area contributed by atoms with E-state index in [-0.39, 0.29) is 17.7 Å². The third-order valence-electron chi connectivity index (χ3n) is 4.79. The van der Waals surface area contributed by atoms with E-state index in [2.05, 4.69) is 20.9 Å². The molecule has 1 fully saturated rings. The summed E-state index contributed by atoms with van der Waals surface area (Å²) in [5, 5.41) is 0.886. The van der Waals surface area contributed by atoms with E-state index in [9.17, 15) is 13.2 Å². The minimum absolute atomic E-state index is 0.133. The van der Waals surface area contributed by atoms with Gasteiger partial charge in [-0.3, -0.25) is 4.79 Å². The van der Waals surface area contributed by atoms with Gasteiger partial charge in [0.1, 0.15) is 10.8 Å². The average molecular weight is 479 g/mol. The molecule has 1 aliphatic heterocycles. The first-order chi connectivity index (χ1) is 13.4. The van der Waals surface area contributed by atoms with Crippen LogP contribution in [0.2, 0.25) is 0 Å². The molecule has 1 saturated heterocycles. The fourth-order valence-corrected chi connectivity index (χ4v) is 6.45. The van der Waals surface area contributed by atoms with Crippen LogP contribution in [0.15, 0.2) is 53.0 Å². The van der Waals surface area contributed by atoms with Crippen molar-refractivity contribution in [3.05, 3.63) is 63.6 Å². The van der Waals surface area contributed by atoms with Crippen LogP contribution < -0.4 is 0 Å². The highest BCUT2D eigenvalue weighted by molar-refractivity contribution is 9.10. The first-order valence-corrected chi connectivity index (χ1v) is 12.4. The standard InChI is InChI=1S/C20H19BrN2O3S2/c21-15-6-3-5-14(11-15)12-28(25,26)13-19(24)23-10-4-8-17(23)20-22-16-7-1-2-9-18(16)27-20/h1-3,5-7,9,11,17H,4,8,10,12-13H2. The fraction of sp³-hybridized carbons (Fsp3) is 0.300. The van der Waals surface area contributed by atoms with Crippen molar-refractivity contribution in [3.8, 4) is 0 Å². The Kier molecular flexibility index (Phi) is 5.53. The summed E-state index contributed by atoms with van der Waals surface area (Å²) >= 11 is 4.93. The maximum atomic E-state index is 12.8. The van der Waals surface area contributed by atoms with Crippen molar-refractivity contribution in [1.82, 2.24) is 9.88 Å². The van der Waals surface area contributed by atoms with Gasteiger partial charge in [0, 0.05) is 11.0 Å². The van der Waals surface area contributed by atoms with Crippen LogP contribution in [0.4, 0.5) is 0 Å². The molecule has 1 unspecified atom stereocenters. The second-order valence-corrected chi connectivity index (χ2v) is 11.0. The van der Waals surface area contributed by atoms with E-state index in [4.69, 9.17) is 0 Å². The molecule has 1 aromatic heterocycles. The topological polar surface area (TPSA) is 67.3 Å². The molecule has 4 rings (SSSR count). The zero-order valence-corrected chi connectivity index (χ0v) is 18.3. The number of hydrogen-bond acceptors (Lipinski definition) is 5. The number of para-hydroxylation sites is 1. The van der Waals surface area contributed by atoms with Crippen molar-refractivity contribution in [2.45, 2.75) is 24.6 Å². The summed E-state index contributed by atoms with van der Waals surface area (Å²) in [6, 6.07) is 14.9. The van der Waals surface area contributed by atoms with Gasteiger partial charge in [-0.25, -0.2) is 13.4 Å².